The summed E-state index contributed by atoms with van der Waals surface area (Å²) in [6.45, 7) is 3.35. The minimum absolute atomic E-state index is 0.00147. The molecule has 5 nitrogen and oxygen atoms in total. The third-order valence-electron chi connectivity index (χ3n) is 3.00. The lowest BCUT2D eigenvalue weighted by Gasteiger charge is -2.24. The molecule has 0 fully saturated rings. The van der Waals surface area contributed by atoms with E-state index in [1.807, 2.05) is 0 Å². The van der Waals surface area contributed by atoms with Gasteiger partial charge < -0.3 is 15.8 Å². The van der Waals surface area contributed by atoms with Crippen molar-refractivity contribution in [2.75, 3.05) is 13.1 Å². The first-order valence-electron chi connectivity index (χ1n) is 6.23. The molecule has 21 heavy (non-hydrogen) atoms. The van der Waals surface area contributed by atoms with E-state index in [9.17, 15) is 18.0 Å². The highest BCUT2D eigenvalue weighted by Gasteiger charge is 2.25. The topological polar surface area (TPSA) is 78.9 Å². The molecule has 0 aliphatic heterocycles. The van der Waals surface area contributed by atoms with E-state index in [-0.39, 0.29) is 18.9 Å². The summed E-state index contributed by atoms with van der Waals surface area (Å²) in [5, 5.41) is 11.4. The van der Waals surface area contributed by atoms with Crippen molar-refractivity contribution in [3.63, 3.8) is 0 Å². The zero-order valence-corrected chi connectivity index (χ0v) is 11.6. The second-order valence-electron chi connectivity index (χ2n) is 4.51. The highest BCUT2D eigenvalue weighted by Crippen LogP contribution is 2.17. The maximum Gasteiger partial charge on any atom is 0.259 e. The normalized spacial score (nSPS) is 13.1. The van der Waals surface area contributed by atoms with Gasteiger partial charge in [-0.25, -0.2) is 13.2 Å². The van der Waals surface area contributed by atoms with Gasteiger partial charge in [0, 0.05) is 31.1 Å². The number of nitrogens with zero attached hydrogens (tertiary/aromatic N) is 2. The molecule has 0 radical (unpaired) electrons. The second-order valence-corrected chi connectivity index (χ2v) is 4.51. The van der Waals surface area contributed by atoms with Crippen LogP contribution in [0.15, 0.2) is 17.3 Å². The Morgan fingerprint density at radius 2 is 1.90 bits per heavy atom. The van der Waals surface area contributed by atoms with Crippen molar-refractivity contribution < 1.29 is 23.2 Å². The van der Waals surface area contributed by atoms with Crippen LogP contribution in [0.1, 0.15) is 24.2 Å². The lowest BCUT2D eigenvalue weighted by molar-refractivity contribution is 0.0743. The molecule has 3 N–H and O–H groups in total. The van der Waals surface area contributed by atoms with Gasteiger partial charge in [-0.2, -0.15) is 0 Å². The van der Waals surface area contributed by atoms with Crippen LogP contribution < -0.4 is 5.73 Å². The minimum atomic E-state index is -1.27. The first kappa shape index (κ1) is 16.8. The van der Waals surface area contributed by atoms with Gasteiger partial charge in [0.25, 0.3) is 5.91 Å². The Morgan fingerprint density at radius 1 is 1.38 bits per heavy atom. The molecule has 0 heterocycles. The van der Waals surface area contributed by atoms with Crippen LogP contribution in [0.4, 0.5) is 13.2 Å². The van der Waals surface area contributed by atoms with Gasteiger partial charge >= 0.3 is 0 Å². The Balaban J connectivity index is 3.05. The summed E-state index contributed by atoms with van der Waals surface area (Å²) in [5.41, 5.74) is 4.57. The molecule has 116 valence electrons. The number of hydrogen-bond acceptors (Lipinski definition) is 3. The van der Waals surface area contributed by atoms with E-state index in [1.54, 1.807) is 13.8 Å². The van der Waals surface area contributed by atoms with Gasteiger partial charge in [0.2, 0.25) is 0 Å². The molecule has 1 atom stereocenters. The fourth-order valence-electron chi connectivity index (χ4n) is 1.78. The molecule has 1 rings (SSSR count). The number of amides is 1. The fourth-order valence-corrected chi connectivity index (χ4v) is 1.78. The average molecular weight is 303 g/mol. The minimum Gasteiger partial charge on any atom is -0.409 e. The number of amidine groups is 1. The zero-order valence-electron chi connectivity index (χ0n) is 11.6. The molecule has 1 unspecified atom stereocenters. The third-order valence-corrected chi connectivity index (χ3v) is 3.00. The van der Waals surface area contributed by atoms with Gasteiger partial charge in [-0.05, 0) is 6.92 Å². The van der Waals surface area contributed by atoms with Crippen LogP contribution >= 0.6 is 0 Å². The van der Waals surface area contributed by atoms with Crippen LogP contribution in [0, 0.1) is 23.4 Å². The molecule has 0 saturated heterocycles. The van der Waals surface area contributed by atoms with Crippen molar-refractivity contribution in [1.29, 1.82) is 0 Å². The maximum absolute atomic E-state index is 13.6. The summed E-state index contributed by atoms with van der Waals surface area (Å²) in [5.74, 6) is -5.19. The van der Waals surface area contributed by atoms with Crippen LogP contribution in [0.25, 0.3) is 0 Å². The average Bonchev–Trinajstić information content (AvgIpc) is 2.42. The van der Waals surface area contributed by atoms with Gasteiger partial charge in [0.15, 0.2) is 0 Å². The standard InChI is InChI=1S/C13H16F3N3O2/c1-3-19(6-7(2)12(17)18-21)13(20)11-9(15)4-8(14)5-10(11)16/h4-5,7,21H,3,6H2,1-2H3,(H2,17,18). The lowest BCUT2D eigenvalue weighted by atomic mass is 10.1. The molecule has 0 saturated carbocycles. The van der Waals surface area contributed by atoms with Crippen LogP contribution in [0.5, 0.6) is 0 Å². The van der Waals surface area contributed by atoms with Gasteiger partial charge in [0.05, 0.1) is 0 Å². The monoisotopic (exact) mass is 303 g/mol. The second kappa shape index (κ2) is 6.96. The molecule has 0 aromatic heterocycles. The predicted molar refractivity (Wildman–Crippen MR) is 70.5 cm³/mol. The molecular formula is C13H16F3N3O2. The van der Waals surface area contributed by atoms with Crippen molar-refractivity contribution in [3.8, 4) is 0 Å². The first-order valence-corrected chi connectivity index (χ1v) is 6.23. The van der Waals surface area contributed by atoms with Crippen LogP contribution in [-0.2, 0) is 0 Å². The molecule has 1 aromatic rings. The molecule has 1 aromatic carbocycles. The smallest absolute Gasteiger partial charge is 0.259 e. The van der Waals surface area contributed by atoms with E-state index in [2.05, 4.69) is 5.16 Å². The molecule has 0 bridgehead atoms. The van der Waals surface area contributed by atoms with Crippen molar-refractivity contribution in [2.45, 2.75) is 13.8 Å². The van der Waals surface area contributed by atoms with Crippen molar-refractivity contribution in [2.24, 2.45) is 16.8 Å². The fraction of sp³-hybridized carbons (Fsp3) is 0.385. The van der Waals surface area contributed by atoms with E-state index in [0.717, 1.165) is 4.90 Å². The van der Waals surface area contributed by atoms with Gasteiger partial charge in [-0.1, -0.05) is 12.1 Å². The molecule has 0 aliphatic rings. The molecule has 0 spiro atoms. The molecule has 8 heteroatoms. The predicted octanol–water partition coefficient (Wildman–Crippen LogP) is 1.95. The van der Waals surface area contributed by atoms with Crippen LogP contribution in [-0.4, -0.2) is 34.9 Å². The Morgan fingerprint density at radius 3 is 2.33 bits per heavy atom. The molecule has 1 amide bonds. The molecular weight excluding hydrogens is 287 g/mol. The van der Waals surface area contributed by atoms with Crippen LogP contribution in [0.2, 0.25) is 0 Å². The highest BCUT2D eigenvalue weighted by molar-refractivity contribution is 5.95. The highest BCUT2D eigenvalue weighted by atomic mass is 19.1. The largest absolute Gasteiger partial charge is 0.409 e. The number of benzene rings is 1. The number of oxime groups is 1. The van der Waals surface area contributed by atoms with E-state index >= 15 is 0 Å². The van der Waals surface area contributed by atoms with E-state index in [1.165, 1.54) is 0 Å². The van der Waals surface area contributed by atoms with Crippen molar-refractivity contribution in [1.82, 2.24) is 4.90 Å². The SMILES string of the molecule is CCN(CC(C)C(N)=NO)C(=O)c1c(F)cc(F)cc1F. The lowest BCUT2D eigenvalue weighted by Crippen LogP contribution is -2.39. The first-order chi connectivity index (χ1) is 9.81. The number of carbonyl (C=O) groups excluding carboxylic acids is 1. The number of rotatable bonds is 5. The summed E-state index contributed by atoms with van der Waals surface area (Å²) < 4.78 is 40.1. The summed E-state index contributed by atoms with van der Waals surface area (Å²) in [6.07, 6.45) is 0. The summed E-state index contributed by atoms with van der Waals surface area (Å²) >= 11 is 0. The quantitative estimate of drug-likeness (QED) is 0.378. The summed E-state index contributed by atoms with van der Waals surface area (Å²) in [6, 6.07) is 0.883. The Hall–Kier alpha value is -2.25. The maximum atomic E-state index is 13.6. The summed E-state index contributed by atoms with van der Waals surface area (Å²) in [4.78, 5) is 13.3. The van der Waals surface area contributed by atoms with Gasteiger partial charge in [-0.15, -0.1) is 0 Å². The zero-order chi connectivity index (χ0) is 16.2. The van der Waals surface area contributed by atoms with E-state index in [0.29, 0.717) is 12.1 Å². The molecule has 0 aliphatic carbocycles. The van der Waals surface area contributed by atoms with E-state index < -0.39 is 34.8 Å². The Bertz CT molecular complexity index is 541. The Labute approximate surface area is 119 Å². The number of halogens is 3. The van der Waals surface area contributed by atoms with Crippen molar-refractivity contribution >= 4 is 11.7 Å². The number of hydrogen-bond donors (Lipinski definition) is 2. The van der Waals surface area contributed by atoms with Crippen LogP contribution in [0.3, 0.4) is 0 Å². The third kappa shape index (κ3) is 3.87. The van der Waals surface area contributed by atoms with Crippen molar-refractivity contribution in [3.05, 3.63) is 35.1 Å². The Kier molecular flexibility index (Phi) is 5.57. The van der Waals surface area contributed by atoms with E-state index in [4.69, 9.17) is 10.9 Å². The van der Waals surface area contributed by atoms with Gasteiger partial charge in [0.1, 0.15) is 28.9 Å². The van der Waals surface area contributed by atoms with Gasteiger partial charge in [-0.3, -0.25) is 4.79 Å². The number of nitrogens with two attached hydrogens (primary N) is 1. The summed E-state index contributed by atoms with van der Waals surface area (Å²) in [7, 11) is 0. The number of carbonyl (C=O) groups is 1.